The molecule has 2 unspecified atom stereocenters. The molecule has 2 rings (SSSR count). The molecule has 1 saturated carbocycles. The molecule has 1 aromatic rings. The van der Waals surface area contributed by atoms with Crippen LogP contribution in [0.4, 0.5) is 15.8 Å². The van der Waals surface area contributed by atoms with Crippen molar-refractivity contribution in [2.75, 3.05) is 5.73 Å². The van der Waals surface area contributed by atoms with E-state index in [-0.39, 0.29) is 12.0 Å². The van der Waals surface area contributed by atoms with E-state index in [1.54, 1.807) is 0 Å². The van der Waals surface area contributed by atoms with Gasteiger partial charge in [0.25, 0.3) is 5.69 Å². The van der Waals surface area contributed by atoms with Crippen molar-refractivity contribution in [1.82, 2.24) is 4.72 Å². The zero-order chi connectivity index (χ0) is 15.8. The lowest BCUT2D eigenvalue weighted by Crippen LogP contribution is -2.28. The average Bonchev–Trinajstić information content (AvgIpc) is 3.05. The topological polar surface area (TPSA) is 115 Å². The van der Waals surface area contributed by atoms with Gasteiger partial charge in [0.05, 0.1) is 16.7 Å². The number of anilines is 1. The summed E-state index contributed by atoms with van der Waals surface area (Å²) in [5.41, 5.74) is 4.42. The third-order valence-corrected chi connectivity index (χ3v) is 5.01. The van der Waals surface area contributed by atoms with Gasteiger partial charge in [-0.15, -0.1) is 0 Å². The normalized spacial score (nSPS) is 21.2. The molecule has 1 aromatic carbocycles. The molecule has 0 heterocycles. The van der Waals surface area contributed by atoms with Crippen molar-refractivity contribution in [3.63, 3.8) is 0 Å². The first-order valence-corrected chi connectivity index (χ1v) is 8.00. The Balaban J connectivity index is 2.27. The predicted octanol–water partition coefficient (Wildman–Crippen LogP) is 1.78. The van der Waals surface area contributed by atoms with Crippen LogP contribution in [0.25, 0.3) is 0 Å². The molecule has 0 spiro atoms. The summed E-state index contributed by atoms with van der Waals surface area (Å²) < 4.78 is 40.6. The Morgan fingerprint density at radius 1 is 1.52 bits per heavy atom. The van der Waals surface area contributed by atoms with Gasteiger partial charge < -0.3 is 5.73 Å². The highest BCUT2D eigenvalue weighted by molar-refractivity contribution is 7.89. The zero-order valence-electron chi connectivity index (χ0n) is 11.4. The maximum atomic E-state index is 13.9. The number of halogens is 1. The van der Waals surface area contributed by atoms with E-state index >= 15 is 0 Å². The number of nitrogens with two attached hydrogens (primary N) is 1. The Hall–Kier alpha value is -1.74. The number of sulfonamides is 1. The van der Waals surface area contributed by atoms with Crippen LogP contribution in [0.2, 0.25) is 0 Å². The molecule has 116 valence electrons. The molecule has 2 atom stereocenters. The highest BCUT2D eigenvalue weighted by atomic mass is 32.2. The molecule has 0 saturated heterocycles. The number of benzene rings is 1. The van der Waals surface area contributed by atoms with Gasteiger partial charge >= 0.3 is 0 Å². The second kappa shape index (κ2) is 5.57. The minimum atomic E-state index is -4.12. The average molecular weight is 317 g/mol. The molecule has 7 nitrogen and oxygen atoms in total. The van der Waals surface area contributed by atoms with Crippen LogP contribution in [0.3, 0.4) is 0 Å². The van der Waals surface area contributed by atoms with Gasteiger partial charge in [-0.05, 0) is 18.8 Å². The smallest absolute Gasteiger partial charge is 0.274 e. The molecule has 1 fully saturated rings. The summed E-state index contributed by atoms with van der Waals surface area (Å²) in [6.45, 7) is 2.00. The van der Waals surface area contributed by atoms with Gasteiger partial charge in [0.2, 0.25) is 10.0 Å². The van der Waals surface area contributed by atoms with Crippen LogP contribution in [-0.2, 0) is 10.0 Å². The van der Waals surface area contributed by atoms with Crippen molar-refractivity contribution >= 4 is 21.4 Å². The number of hydrogen-bond donors (Lipinski definition) is 2. The van der Waals surface area contributed by atoms with E-state index in [1.165, 1.54) is 0 Å². The fraction of sp³-hybridized carbons (Fsp3) is 0.500. The van der Waals surface area contributed by atoms with Crippen molar-refractivity contribution in [2.24, 2.45) is 5.92 Å². The first kappa shape index (κ1) is 15.6. The van der Waals surface area contributed by atoms with Gasteiger partial charge in [-0.1, -0.05) is 13.3 Å². The fourth-order valence-corrected chi connectivity index (χ4v) is 3.82. The van der Waals surface area contributed by atoms with Crippen LogP contribution in [0, 0.1) is 21.8 Å². The molecule has 0 aliphatic heterocycles. The zero-order valence-corrected chi connectivity index (χ0v) is 12.2. The van der Waals surface area contributed by atoms with Crippen molar-refractivity contribution < 1.29 is 17.7 Å². The van der Waals surface area contributed by atoms with Gasteiger partial charge in [0.1, 0.15) is 4.90 Å². The Labute approximate surface area is 121 Å². The summed E-state index contributed by atoms with van der Waals surface area (Å²) in [5, 5.41) is 10.6. The summed E-state index contributed by atoms with van der Waals surface area (Å²) in [6, 6.07) is 1.18. The first-order chi connectivity index (χ1) is 9.76. The van der Waals surface area contributed by atoms with E-state index in [0.717, 1.165) is 18.9 Å². The number of nitrogens with one attached hydrogen (secondary N) is 1. The second-order valence-corrected chi connectivity index (χ2v) is 6.77. The molecular weight excluding hydrogens is 301 g/mol. The second-order valence-electron chi connectivity index (χ2n) is 5.12. The lowest BCUT2D eigenvalue weighted by molar-refractivity contribution is -0.385. The molecular formula is C12H16FN3O4S. The van der Waals surface area contributed by atoms with E-state index in [0.29, 0.717) is 12.5 Å². The molecule has 0 aromatic heterocycles. The van der Waals surface area contributed by atoms with E-state index in [2.05, 4.69) is 4.72 Å². The number of hydrogen-bond acceptors (Lipinski definition) is 5. The Morgan fingerprint density at radius 2 is 2.19 bits per heavy atom. The summed E-state index contributed by atoms with van der Waals surface area (Å²) >= 11 is 0. The van der Waals surface area contributed by atoms with E-state index < -0.39 is 37.0 Å². The van der Waals surface area contributed by atoms with Crippen LogP contribution >= 0.6 is 0 Å². The predicted molar refractivity (Wildman–Crippen MR) is 74.6 cm³/mol. The lowest BCUT2D eigenvalue weighted by Gasteiger charge is -2.10. The number of non-ortho nitro benzene ring substituents is 1. The minimum Gasteiger partial charge on any atom is -0.397 e. The Bertz CT molecular complexity index is 654. The molecule has 0 radical (unpaired) electrons. The standard InChI is InChI=1S/C12H16FN3O4S/c1-2-3-7-4-11(7)15-21(19,20)12-9(13)5-8(16(17)18)6-10(12)14/h5-7,11,15H,2-4,14H2,1H3. The van der Waals surface area contributed by atoms with Crippen LogP contribution in [0.1, 0.15) is 26.2 Å². The van der Waals surface area contributed by atoms with E-state index in [9.17, 15) is 22.9 Å². The van der Waals surface area contributed by atoms with Crippen molar-refractivity contribution in [1.29, 1.82) is 0 Å². The number of nitro groups is 1. The number of nitrogens with zero attached hydrogens (tertiary/aromatic N) is 1. The molecule has 1 aliphatic rings. The molecule has 21 heavy (non-hydrogen) atoms. The number of rotatable bonds is 6. The van der Waals surface area contributed by atoms with Gasteiger partial charge in [0.15, 0.2) is 5.82 Å². The fourth-order valence-electron chi connectivity index (χ4n) is 2.33. The Kier molecular flexibility index (Phi) is 4.15. The van der Waals surface area contributed by atoms with Gasteiger partial charge in [0, 0.05) is 12.1 Å². The monoisotopic (exact) mass is 317 g/mol. The maximum Gasteiger partial charge on any atom is 0.274 e. The summed E-state index contributed by atoms with van der Waals surface area (Å²) in [4.78, 5) is 9.03. The third-order valence-electron chi connectivity index (χ3n) is 3.43. The van der Waals surface area contributed by atoms with Gasteiger partial charge in [-0.3, -0.25) is 10.1 Å². The lowest BCUT2D eigenvalue weighted by atomic mass is 10.2. The van der Waals surface area contributed by atoms with Gasteiger partial charge in [-0.25, -0.2) is 17.5 Å². The van der Waals surface area contributed by atoms with Crippen LogP contribution < -0.4 is 10.5 Å². The SMILES string of the molecule is CCCC1CC1NS(=O)(=O)c1c(N)cc([N+](=O)[O-])cc1F. The molecule has 0 bridgehead atoms. The van der Waals surface area contributed by atoms with Crippen molar-refractivity contribution in [3.8, 4) is 0 Å². The van der Waals surface area contributed by atoms with Crippen LogP contribution in [-0.4, -0.2) is 19.4 Å². The molecule has 9 heteroatoms. The largest absolute Gasteiger partial charge is 0.397 e. The maximum absolute atomic E-state index is 13.9. The van der Waals surface area contributed by atoms with E-state index in [1.807, 2.05) is 6.92 Å². The highest BCUT2D eigenvalue weighted by Gasteiger charge is 2.40. The Morgan fingerprint density at radius 3 is 2.71 bits per heavy atom. The minimum absolute atomic E-state index is 0.219. The summed E-state index contributed by atoms with van der Waals surface area (Å²) in [7, 11) is -4.12. The van der Waals surface area contributed by atoms with E-state index in [4.69, 9.17) is 5.73 Å². The van der Waals surface area contributed by atoms with Crippen LogP contribution in [0.5, 0.6) is 0 Å². The van der Waals surface area contributed by atoms with Crippen molar-refractivity contribution in [2.45, 2.75) is 37.1 Å². The third kappa shape index (κ3) is 3.30. The summed E-state index contributed by atoms with van der Waals surface area (Å²) in [5.74, 6) is -0.964. The van der Waals surface area contributed by atoms with Gasteiger partial charge in [-0.2, -0.15) is 0 Å². The molecule has 0 amide bonds. The molecule has 1 aliphatic carbocycles. The first-order valence-electron chi connectivity index (χ1n) is 6.52. The summed E-state index contributed by atoms with van der Waals surface area (Å²) in [6.07, 6.45) is 2.55. The quantitative estimate of drug-likeness (QED) is 0.471. The number of nitrogen functional groups attached to an aromatic ring is 1. The number of nitro benzene ring substituents is 1. The van der Waals surface area contributed by atoms with Crippen LogP contribution in [0.15, 0.2) is 17.0 Å². The molecule has 3 N–H and O–H groups in total. The highest BCUT2D eigenvalue weighted by Crippen LogP contribution is 2.36. The van der Waals surface area contributed by atoms with Crippen molar-refractivity contribution in [3.05, 3.63) is 28.1 Å².